The van der Waals surface area contributed by atoms with E-state index < -0.39 is 0 Å². The van der Waals surface area contributed by atoms with Gasteiger partial charge in [-0.15, -0.1) is 11.3 Å². The molecule has 0 fully saturated rings. The number of hydrogen-bond donors (Lipinski definition) is 1. The van der Waals surface area contributed by atoms with Crippen LogP contribution in [0.25, 0.3) is 0 Å². The zero-order chi connectivity index (χ0) is 13.0. The molecule has 0 amide bonds. The highest BCUT2D eigenvalue weighted by Crippen LogP contribution is 2.29. The Kier molecular flexibility index (Phi) is 4.80. The molecule has 1 aromatic carbocycles. The number of rotatable bonds is 5. The van der Waals surface area contributed by atoms with Crippen molar-refractivity contribution in [2.45, 2.75) is 19.4 Å². The molecule has 0 saturated heterocycles. The Bertz CT molecular complexity index is 512. The number of halogens is 1. The van der Waals surface area contributed by atoms with Gasteiger partial charge in [-0.05, 0) is 52.0 Å². The maximum absolute atomic E-state index is 6.13. The standard InChI is InChI=1S/C14H16BrNOS/c1-10-3-2-4-11(9-10)17-7-5-13(16)14-12(15)6-8-18-14/h2-4,6,8-9,13H,5,7,16H2,1H3. The third-order valence-electron chi connectivity index (χ3n) is 2.67. The van der Waals surface area contributed by atoms with E-state index in [0.717, 1.165) is 16.6 Å². The monoisotopic (exact) mass is 325 g/mol. The number of aryl methyl sites for hydroxylation is 1. The maximum Gasteiger partial charge on any atom is 0.119 e. The lowest BCUT2D eigenvalue weighted by molar-refractivity contribution is 0.299. The van der Waals surface area contributed by atoms with Crippen molar-refractivity contribution in [3.05, 3.63) is 50.6 Å². The third kappa shape index (κ3) is 3.57. The van der Waals surface area contributed by atoms with Gasteiger partial charge in [0.1, 0.15) is 5.75 Å². The summed E-state index contributed by atoms with van der Waals surface area (Å²) < 4.78 is 6.80. The highest BCUT2D eigenvalue weighted by Gasteiger charge is 2.11. The number of thiophene rings is 1. The number of benzene rings is 1. The predicted molar refractivity (Wildman–Crippen MR) is 80.2 cm³/mol. The van der Waals surface area contributed by atoms with E-state index in [-0.39, 0.29) is 6.04 Å². The van der Waals surface area contributed by atoms with E-state index in [1.807, 2.05) is 29.6 Å². The van der Waals surface area contributed by atoms with Crippen LogP contribution in [-0.2, 0) is 0 Å². The molecule has 18 heavy (non-hydrogen) atoms. The van der Waals surface area contributed by atoms with Crippen molar-refractivity contribution in [2.75, 3.05) is 6.61 Å². The highest BCUT2D eigenvalue weighted by molar-refractivity contribution is 9.10. The van der Waals surface area contributed by atoms with Gasteiger partial charge in [-0.25, -0.2) is 0 Å². The molecule has 0 saturated carbocycles. The lowest BCUT2D eigenvalue weighted by Crippen LogP contribution is -2.13. The van der Waals surface area contributed by atoms with Crippen LogP contribution in [0.15, 0.2) is 40.2 Å². The maximum atomic E-state index is 6.13. The normalized spacial score (nSPS) is 12.4. The van der Waals surface area contributed by atoms with Crippen LogP contribution in [0.1, 0.15) is 22.9 Å². The SMILES string of the molecule is Cc1cccc(OCCC(N)c2sccc2Br)c1. The molecule has 2 aromatic rings. The molecule has 1 unspecified atom stereocenters. The smallest absolute Gasteiger partial charge is 0.119 e. The fourth-order valence-electron chi connectivity index (χ4n) is 1.71. The molecular formula is C14H16BrNOS. The van der Waals surface area contributed by atoms with Crippen molar-refractivity contribution < 1.29 is 4.74 Å². The molecule has 0 bridgehead atoms. The number of nitrogens with two attached hydrogens (primary N) is 1. The average molecular weight is 326 g/mol. The van der Waals surface area contributed by atoms with Gasteiger partial charge in [-0.1, -0.05) is 12.1 Å². The Labute approximate surface area is 120 Å². The van der Waals surface area contributed by atoms with Crippen LogP contribution in [0.2, 0.25) is 0 Å². The van der Waals surface area contributed by atoms with Crippen molar-refractivity contribution in [1.29, 1.82) is 0 Å². The van der Waals surface area contributed by atoms with E-state index in [4.69, 9.17) is 10.5 Å². The quantitative estimate of drug-likeness (QED) is 0.890. The Morgan fingerprint density at radius 2 is 2.22 bits per heavy atom. The van der Waals surface area contributed by atoms with Gasteiger partial charge in [0.2, 0.25) is 0 Å². The second kappa shape index (κ2) is 6.36. The van der Waals surface area contributed by atoms with Crippen LogP contribution in [0.4, 0.5) is 0 Å². The zero-order valence-corrected chi connectivity index (χ0v) is 12.6. The molecule has 1 atom stereocenters. The summed E-state index contributed by atoms with van der Waals surface area (Å²) in [5.41, 5.74) is 7.34. The van der Waals surface area contributed by atoms with Crippen LogP contribution in [0.3, 0.4) is 0 Å². The molecule has 2 N–H and O–H groups in total. The van der Waals surface area contributed by atoms with Crippen molar-refractivity contribution in [1.82, 2.24) is 0 Å². The summed E-state index contributed by atoms with van der Waals surface area (Å²) in [6.45, 7) is 2.69. The molecule has 1 aromatic heterocycles. The summed E-state index contributed by atoms with van der Waals surface area (Å²) >= 11 is 5.18. The van der Waals surface area contributed by atoms with Gasteiger partial charge in [-0.2, -0.15) is 0 Å². The largest absolute Gasteiger partial charge is 0.494 e. The van der Waals surface area contributed by atoms with E-state index in [1.54, 1.807) is 11.3 Å². The van der Waals surface area contributed by atoms with Crippen LogP contribution in [-0.4, -0.2) is 6.61 Å². The van der Waals surface area contributed by atoms with Crippen LogP contribution < -0.4 is 10.5 Å². The molecule has 1 heterocycles. The van der Waals surface area contributed by atoms with Gasteiger partial charge in [0.05, 0.1) is 6.61 Å². The lowest BCUT2D eigenvalue weighted by atomic mass is 10.2. The summed E-state index contributed by atoms with van der Waals surface area (Å²) in [5, 5.41) is 2.04. The minimum atomic E-state index is 0.0317. The van der Waals surface area contributed by atoms with Gasteiger partial charge in [0.25, 0.3) is 0 Å². The molecule has 2 rings (SSSR count). The van der Waals surface area contributed by atoms with E-state index in [2.05, 4.69) is 28.9 Å². The van der Waals surface area contributed by atoms with E-state index >= 15 is 0 Å². The van der Waals surface area contributed by atoms with Crippen LogP contribution in [0.5, 0.6) is 5.75 Å². The Hall–Kier alpha value is -0.840. The Morgan fingerprint density at radius 3 is 2.89 bits per heavy atom. The van der Waals surface area contributed by atoms with Crippen molar-refractivity contribution in [3.63, 3.8) is 0 Å². The number of ether oxygens (including phenoxy) is 1. The van der Waals surface area contributed by atoms with Gasteiger partial charge in [0, 0.05) is 21.8 Å². The first-order valence-corrected chi connectivity index (χ1v) is 7.52. The van der Waals surface area contributed by atoms with Gasteiger partial charge < -0.3 is 10.5 Å². The second-order valence-electron chi connectivity index (χ2n) is 4.19. The minimum absolute atomic E-state index is 0.0317. The fraction of sp³-hybridized carbons (Fsp3) is 0.286. The first-order valence-electron chi connectivity index (χ1n) is 5.85. The summed E-state index contributed by atoms with van der Waals surface area (Å²) in [6.07, 6.45) is 0.813. The summed E-state index contributed by atoms with van der Waals surface area (Å²) in [5.74, 6) is 0.910. The van der Waals surface area contributed by atoms with Crippen LogP contribution >= 0.6 is 27.3 Å². The molecule has 0 aliphatic carbocycles. The Balaban J connectivity index is 1.84. The fourth-order valence-corrected chi connectivity index (χ4v) is 3.42. The van der Waals surface area contributed by atoms with Crippen molar-refractivity contribution >= 4 is 27.3 Å². The van der Waals surface area contributed by atoms with Crippen LogP contribution in [0, 0.1) is 6.92 Å². The molecule has 96 valence electrons. The summed E-state index contributed by atoms with van der Waals surface area (Å²) in [6, 6.07) is 10.1. The minimum Gasteiger partial charge on any atom is -0.494 e. The predicted octanol–water partition coefficient (Wildman–Crippen LogP) is 4.29. The van der Waals surface area contributed by atoms with E-state index in [0.29, 0.717) is 6.61 Å². The molecule has 0 aliphatic heterocycles. The Morgan fingerprint density at radius 1 is 1.39 bits per heavy atom. The summed E-state index contributed by atoms with van der Waals surface area (Å²) in [4.78, 5) is 1.18. The van der Waals surface area contributed by atoms with Gasteiger partial charge >= 0.3 is 0 Å². The molecule has 0 radical (unpaired) electrons. The molecular weight excluding hydrogens is 310 g/mol. The van der Waals surface area contributed by atoms with Crippen molar-refractivity contribution in [2.24, 2.45) is 5.73 Å². The molecule has 0 spiro atoms. The average Bonchev–Trinajstić information content (AvgIpc) is 2.75. The first-order chi connectivity index (χ1) is 8.66. The second-order valence-corrected chi connectivity index (χ2v) is 5.99. The summed E-state index contributed by atoms with van der Waals surface area (Å²) in [7, 11) is 0. The number of hydrogen-bond acceptors (Lipinski definition) is 3. The topological polar surface area (TPSA) is 35.2 Å². The lowest BCUT2D eigenvalue weighted by Gasteiger charge is -2.12. The molecule has 4 heteroatoms. The van der Waals surface area contributed by atoms with Gasteiger partial charge in [0.15, 0.2) is 0 Å². The van der Waals surface area contributed by atoms with Gasteiger partial charge in [-0.3, -0.25) is 0 Å². The molecule has 2 nitrogen and oxygen atoms in total. The molecule has 0 aliphatic rings. The van der Waals surface area contributed by atoms with E-state index in [1.165, 1.54) is 10.4 Å². The highest BCUT2D eigenvalue weighted by atomic mass is 79.9. The zero-order valence-electron chi connectivity index (χ0n) is 10.2. The first kappa shape index (κ1) is 13.6. The third-order valence-corrected chi connectivity index (χ3v) is 4.67. The van der Waals surface area contributed by atoms with E-state index in [9.17, 15) is 0 Å². The van der Waals surface area contributed by atoms with Crippen molar-refractivity contribution in [3.8, 4) is 5.75 Å².